The molecule has 25 heavy (non-hydrogen) atoms. The number of methoxy groups -OCH3 is 1. The van der Waals surface area contributed by atoms with Crippen molar-refractivity contribution in [1.82, 2.24) is 9.36 Å². The standard InChI is InChI=1S/C19H19N3O2S/c1-12-15-10-13(11-20-18(15)25-21-12)19(23)22-9-4-3-6-14-16(22)7-5-8-17(14)24-2/h5,7-8,10-11H,3-4,6,9H2,1-2H3. The Hall–Kier alpha value is -2.47. The molecule has 1 aromatic carbocycles. The van der Waals surface area contributed by atoms with Gasteiger partial charge >= 0.3 is 0 Å². The zero-order valence-electron chi connectivity index (χ0n) is 14.3. The Bertz CT molecular complexity index is 951. The van der Waals surface area contributed by atoms with Crippen LogP contribution in [0.25, 0.3) is 10.2 Å². The van der Waals surface area contributed by atoms with Gasteiger partial charge in [0.1, 0.15) is 10.6 Å². The number of nitrogens with zero attached hydrogens (tertiary/aromatic N) is 3. The maximum absolute atomic E-state index is 13.2. The van der Waals surface area contributed by atoms with Gasteiger partial charge in [-0.1, -0.05) is 6.07 Å². The SMILES string of the molecule is COc1cccc2c1CCCCN2C(=O)c1cnc2snc(C)c2c1. The second-order valence-corrected chi connectivity index (χ2v) is 6.97. The van der Waals surface area contributed by atoms with Gasteiger partial charge in [-0.25, -0.2) is 4.98 Å². The van der Waals surface area contributed by atoms with Gasteiger partial charge in [0.05, 0.1) is 24.1 Å². The minimum Gasteiger partial charge on any atom is -0.496 e. The van der Waals surface area contributed by atoms with Crippen LogP contribution in [-0.2, 0) is 6.42 Å². The highest BCUT2D eigenvalue weighted by Crippen LogP contribution is 2.34. The van der Waals surface area contributed by atoms with E-state index < -0.39 is 0 Å². The van der Waals surface area contributed by atoms with Crippen molar-refractivity contribution in [2.45, 2.75) is 26.2 Å². The first-order valence-electron chi connectivity index (χ1n) is 8.39. The van der Waals surface area contributed by atoms with E-state index in [-0.39, 0.29) is 5.91 Å². The monoisotopic (exact) mass is 353 g/mol. The molecular formula is C19H19N3O2S. The Labute approximate surface area is 150 Å². The molecule has 0 radical (unpaired) electrons. The van der Waals surface area contributed by atoms with Gasteiger partial charge < -0.3 is 9.64 Å². The number of aromatic nitrogens is 2. The molecule has 0 unspecified atom stereocenters. The molecule has 4 rings (SSSR count). The highest BCUT2D eigenvalue weighted by molar-refractivity contribution is 7.12. The number of carbonyl (C=O) groups is 1. The van der Waals surface area contributed by atoms with Gasteiger partial charge in [0.25, 0.3) is 5.91 Å². The summed E-state index contributed by atoms with van der Waals surface area (Å²) in [6.07, 6.45) is 4.60. The van der Waals surface area contributed by atoms with Crippen LogP contribution >= 0.6 is 11.5 Å². The molecule has 5 nitrogen and oxygen atoms in total. The first-order chi connectivity index (χ1) is 12.2. The average Bonchev–Trinajstić information content (AvgIpc) is 2.88. The first-order valence-corrected chi connectivity index (χ1v) is 9.16. The van der Waals surface area contributed by atoms with Crippen molar-refractivity contribution in [2.24, 2.45) is 0 Å². The number of benzene rings is 1. The number of hydrogen-bond acceptors (Lipinski definition) is 5. The van der Waals surface area contributed by atoms with E-state index in [0.717, 1.165) is 52.2 Å². The Morgan fingerprint density at radius 1 is 1.32 bits per heavy atom. The highest BCUT2D eigenvalue weighted by atomic mass is 32.1. The van der Waals surface area contributed by atoms with Crippen molar-refractivity contribution >= 4 is 33.3 Å². The zero-order valence-corrected chi connectivity index (χ0v) is 15.1. The van der Waals surface area contributed by atoms with Gasteiger partial charge in [0.15, 0.2) is 0 Å². The number of hydrogen-bond donors (Lipinski definition) is 0. The molecule has 0 N–H and O–H groups in total. The number of pyridine rings is 1. The van der Waals surface area contributed by atoms with Gasteiger partial charge in [0.2, 0.25) is 0 Å². The summed E-state index contributed by atoms with van der Waals surface area (Å²) in [5, 5.41) is 0.955. The number of anilines is 1. The smallest absolute Gasteiger partial charge is 0.259 e. The van der Waals surface area contributed by atoms with Gasteiger partial charge in [-0.15, -0.1) is 0 Å². The van der Waals surface area contributed by atoms with E-state index in [1.54, 1.807) is 13.3 Å². The summed E-state index contributed by atoms with van der Waals surface area (Å²) in [6.45, 7) is 2.65. The van der Waals surface area contributed by atoms with Crippen molar-refractivity contribution in [3.63, 3.8) is 0 Å². The van der Waals surface area contributed by atoms with Crippen molar-refractivity contribution in [1.29, 1.82) is 0 Å². The maximum Gasteiger partial charge on any atom is 0.259 e. The lowest BCUT2D eigenvalue weighted by molar-refractivity contribution is 0.0987. The molecule has 0 fully saturated rings. The summed E-state index contributed by atoms with van der Waals surface area (Å²) in [7, 11) is 1.68. The second kappa shape index (κ2) is 6.44. The molecule has 3 aromatic rings. The second-order valence-electron chi connectivity index (χ2n) is 6.22. The molecule has 0 saturated heterocycles. The lowest BCUT2D eigenvalue weighted by Gasteiger charge is -2.23. The molecule has 0 saturated carbocycles. The molecule has 0 atom stereocenters. The summed E-state index contributed by atoms with van der Waals surface area (Å²) >= 11 is 1.36. The van der Waals surface area contributed by atoms with E-state index in [1.165, 1.54) is 11.5 Å². The molecule has 1 amide bonds. The van der Waals surface area contributed by atoms with Crippen LogP contribution in [0.2, 0.25) is 0 Å². The molecule has 6 heteroatoms. The lowest BCUT2D eigenvalue weighted by Crippen LogP contribution is -2.31. The van der Waals surface area contributed by atoms with Crippen molar-refractivity contribution < 1.29 is 9.53 Å². The van der Waals surface area contributed by atoms with Crippen LogP contribution in [0.15, 0.2) is 30.5 Å². The predicted molar refractivity (Wildman–Crippen MR) is 99.8 cm³/mol. The summed E-state index contributed by atoms with van der Waals surface area (Å²) in [4.78, 5) is 20.4. The fourth-order valence-corrected chi connectivity index (χ4v) is 4.10. The Morgan fingerprint density at radius 3 is 3.04 bits per heavy atom. The van der Waals surface area contributed by atoms with E-state index in [4.69, 9.17) is 4.74 Å². The summed E-state index contributed by atoms with van der Waals surface area (Å²) in [5.74, 6) is 0.833. The molecule has 0 aliphatic carbocycles. The lowest BCUT2D eigenvalue weighted by atomic mass is 10.1. The number of rotatable bonds is 2. The Kier molecular flexibility index (Phi) is 4.13. The van der Waals surface area contributed by atoms with Crippen molar-refractivity contribution in [3.05, 3.63) is 47.3 Å². The van der Waals surface area contributed by atoms with Crippen LogP contribution in [0, 0.1) is 6.92 Å². The molecule has 0 spiro atoms. The first kappa shape index (κ1) is 16.0. The van der Waals surface area contributed by atoms with Crippen LogP contribution in [0.5, 0.6) is 5.75 Å². The number of carbonyl (C=O) groups excluding carboxylic acids is 1. The van der Waals surface area contributed by atoms with E-state index in [0.29, 0.717) is 12.1 Å². The van der Waals surface area contributed by atoms with Gasteiger partial charge in [-0.3, -0.25) is 4.79 Å². The Morgan fingerprint density at radius 2 is 2.20 bits per heavy atom. The minimum atomic E-state index is -0.0172. The van der Waals surface area contributed by atoms with Crippen LogP contribution in [0.4, 0.5) is 5.69 Å². The molecule has 0 bridgehead atoms. The van der Waals surface area contributed by atoms with Crippen LogP contribution in [-0.4, -0.2) is 28.9 Å². The van der Waals surface area contributed by atoms with Crippen molar-refractivity contribution in [3.8, 4) is 5.75 Å². The fraction of sp³-hybridized carbons (Fsp3) is 0.316. The molecule has 3 heterocycles. The van der Waals surface area contributed by atoms with Crippen LogP contribution < -0.4 is 9.64 Å². The van der Waals surface area contributed by atoms with Gasteiger partial charge in [-0.05, 0) is 55.9 Å². The highest BCUT2D eigenvalue weighted by Gasteiger charge is 2.25. The normalized spacial score (nSPS) is 14.2. The summed E-state index contributed by atoms with van der Waals surface area (Å²) < 4.78 is 9.83. The quantitative estimate of drug-likeness (QED) is 0.699. The third-order valence-corrected chi connectivity index (χ3v) is 5.54. The number of ether oxygens (including phenoxy) is 1. The number of amides is 1. The number of aryl methyl sites for hydroxylation is 1. The maximum atomic E-state index is 13.2. The fourth-order valence-electron chi connectivity index (χ4n) is 3.37. The van der Waals surface area contributed by atoms with Gasteiger partial charge in [0, 0.05) is 23.7 Å². The topological polar surface area (TPSA) is 55.3 Å². The number of fused-ring (bicyclic) bond motifs is 2. The Balaban J connectivity index is 1.78. The molecule has 128 valence electrons. The average molecular weight is 353 g/mol. The zero-order chi connectivity index (χ0) is 17.4. The van der Waals surface area contributed by atoms with Gasteiger partial charge in [-0.2, -0.15) is 4.37 Å². The third-order valence-electron chi connectivity index (χ3n) is 4.68. The summed E-state index contributed by atoms with van der Waals surface area (Å²) in [5.41, 5.74) is 3.58. The van der Waals surface area contributed by atoms with Crippen LogP contribution in [0.1, 0.15) is 34.5 Å². The van der Waals surface area contributed by atoms with E-state index in [1.807, 2.05) is 36.1 Å². The molecule has 1 aliphatic rings. The van der Waals surface area contributed by atoms with Crippen LogP contribution in [0.3, 0.4) is 0 Å². The van der Waals surface area contributed by atoms with E-state index in [9.17, 15) is 4.79 Å². The summed E-state index contributed by atoms with van der Waals surface area (Å²) in [6, 6.07) is 7.82. The predicted octanol–water partition coefficient (Wildman–Crippen LogP) is 3.99. The third kappa shape index (κ3) is 2.76. The van der Waals surface area contributed by atoms with E-state index in [2.05, 4.69) is 9.36 Å². The van der Waals surface area contributed by atoms with Crippen molar-refractivity contribution in [2.75, 3.05) is 18.6 Å². The minimum absolute atomic E-state index is 0.0172. The molecule has 2 aromatic heterocycles. The molecule has 1 aliphatic heterocycles. The largest absolute Gasteiger partial charge is 0.496 e. The molecular weight excluding hydrogens is 334 g/mol. The van der Waals surface area contributed by atoms with E-state index >= 15 is 0 Å².